The van der Waals surface area contributed by atoms with Crippen molar-refractivity contribution in [3.8, 4) is 6.07 Å². The second-order valence-electron chi connectivity index (χ2n) is 5.26. The van der Waals surface area contributed by atoms with E-state index < -0.39 is 0 Å². The van der Waals surface area contributed by atoms with Gasteiger partial charge in [-0.15, -0.1) is 0 Å². The zero-order valence-electron chi connectivity index (χ0n) is 12.8. The molecule has 0 saturated carbocycles. The fourth-order valence-electron chi connectivity index (χ4n) is 2.13. The van der Waals surface area contributed by atoms with Gasteiger partial charge in [0.05, 0.1) is 25.6 Å². The lowest BCUT2D eigenvalue weighted by atomic mass is 10.1. The largest absolute Gasteiger partial charge is 0.465 e. The summed E-state index contributed by atoms with van der Waals surface area (Å²) in [4.78, 5) is 13.9. The molecule has 5 nitrogen and oxygen atoms in total. The average Bonchev–Trinajstić information content (AvgIpc) is 2.86. The molecule has 0 radical (unpaired) electrons. The number of anilines is 1. The SMILES string of the molecule is Cc1ccc(CN(C)CC(=O)Nc2ccc(CC#N)cc2)o1. The average molecular weight is 297 g/mol. The Balaban J connectivity index is 1.83. The van der Waals surface area contributed by atoms with Crippen LogP contribution in [0.1, 0.15) is 17.1 Å². The van der Waals surface area contributed by atoms with Crippen molar-refractivity contribution < 1.29 is 9.21 Å². The lowest BCUT2D eigenvalue weighted by Crippen LogP contribution is -2.29. The third-order valence-corrected chi connectivity index (χ3v) is 3.16. The maximum atomic E-state index is 12.0. The van der Waals surface area contributed by atoms with Crippen LogP contribution in [0.15, 0.2) is 40.8 Å². The van der Waals surface area contributed by atoms with Crippen LogP contribution < -0.4 is 5.32 Å². The van der Waals surface area contributed by atoms with Gasteiger partial charge in [0.25, 0.3) is 0 Å². The van der Waals surface area contributed by atoms with Crippen LogP contribution in [-0.2, 0) is 17.8 Å². The van der Waals surface area contributed by atoms with Crippen LogP contribution in [0.4, 0.5) is 5.69 Å². The first-order valence-electron chi connectivity index (χ1n) is 7.06. The van der Waals surface area contributed by atoms with Crippen molar-refractivity contribution in [2.24, 2.45) is 0 Å². The molecular formula is C17H19N3O2. The Bertz CT molecular complexity index is 668. The van der Waals surface area contributed by atoms with Crippen LogP contribution in [-0.4, -0.2) is 24.4 Å². The van der Waals surface area contributed by atoms with Crippen LogP contribution in [0.2, 0.25) is 0 Å². The molecule has 22 heavy (non-hydrogen) atoms. The Hall–Kier alpha value is -2.58. The quantitative estimate of drug-likeness (QED) is 0.890. The summed E-state index contributed by atoms with van der Waals surface area (Å²) in [5.74, 6) is 1.62. The van der Waals surface area contributed by atoms with E-state index in [9.17, 15) is 4.79 Å². The van der Waals surface area contributed by atoms with Gasteiger partial charge in [-0.2, -0.15) is 5.26 Å². The first kappa shape index (κ1) is 15.8. The van der Waals surface area contributed by atoms with E-state index in [2.05, 4.69) is 11.4 Å². The fourth-order valence-corrected chi connectivity index (χ4v) is 2.13. The molecule has 0 atom stereocenters. The molecule has 0 aliphatic carbocycles. The Morgan fingerprint density at radius 2 is 2.00 bits per heavy atom. The molecule has 0 aliphatic heterocycles. The first-order chi connectivity index (χ1) is 10.6. The monoisotopic (exact) mass is 297 g/mol. The van der Waals surface area contributed by atoms with Gasteiger partial charge in [0.1, 0.15) is 11.5 Å². The number of rotatable bonds is 6. The molecule has 114 valence electrons. The minimum absolute atomic E-state index is 0.0844. The number of likely N-dealkylation sites (N-methyl/N-ethyl adjacent to an activating group) is 1. The highest BCUT2D eigenvalue weighted by molar-refractivity contribution is 5.92. The van der Waals surface area contributed by atoms with Gasteiger partial charge in [-0.3, -0.25) is 9.69 Å². The van der Waals surface area contributed by atoms with Crippen molar-refractivity contribution >= 4 is 11.6 Å². The van der Waals surface area contributed by atoms with Gasteiger partial charge in [-0.05, 0) is 43.8 Å². The van der Waals surface area contributed by atoms with Crippen LogP contribution in [0, 0.1) is 18.3 Å². The predicted molar refractivity (Wildman–Crippen MR) is 84.2 cm³/mol. The van der Waals surface area contributed by atoms with Crippen molar-refractivity contribution in [1.82, 2.24) is 4.90 Å². The van der Waals surface area contributed by atoms with Crippen LogP contribution in [0.3, 0.4) is 0 Å². The van der Waals surface area contributed by atoms with Gasteiger partial charge < -0.3 is 9.73 Å². The molecule has 1 aromatic heterocycles. The third kappa shape index (κ3) is 4.76. The maximum absolute atomic E-state index is 12.0. The molecule has 1 N–H and O–H groups in total. The number of benzene rings is 1. The van der Waals surface area contributed by atoms with E-state index in [4.69, 9.17) is 9.68 Å². The zero-order valence-corrected chi connectivity index (χ0v) is 12.8. The smallest absolute Gasteiger partial charge is 0.238 e. The van der Waals surface area contributed by atoms with Crippen LogP contribution in [0.25, 0.3) is 0 Å². The lowest BCUT2D eigenvalue weighted by molar-refractivity contribution is -0.117. The summed E-state index contributed by atoms with van der Waals surface area (Å²) >= 11 is 0. The summed E-state index contributed by atoms with van der Waals surface area (Å²) in [7, 11) is 1.87. The highest BCUT2D eigenvalue weighted by atomic mass is 16.3. The van der Waals surface area contributed by atoms with Crippen molar-refractivity contribution in [2.75, 3.05) is 18.9 Å². The summed E-state index contributed by atoms with van der Waals surface area (Å²) < 4.78 is 5.49. The molecule has 2 aromatic rings. The maximum Gasteiger partial charge on any atom is 0.238 e. The molecule has 0 bridgehead atoms. The second-order valence-corrected chi connectivity index (χ2v) is 5.26. The molecule has 1 heterocycles. The zero-order chi connectivity index (χ0) is 15.9. The highest BCUT2D eigenvalue weighted by Crippen LogP contribution is 2.11. The summed E-state index contributed by atoms with van der Waals surface area (Å²) in [5, 5.41) is 11.5. The predicted octanol–water partition coefficient (Wildman–Crippen LogP) is 2.72. The summed E-state index contributed by atoms with van der Waals surface area (Å²) in [6.07, 6.45) is 0.375. The topological polar surface area (TPSA) is 69.3 Å². The lowest BCUT2D eigenvalue weighted by Gasteiger charge is -2.15. The van der Waals surface area contributed by atoms with E-state index in [0.717, 1.165) is 22.8 Å². The minimum atomic E-state index is -0.0844. The Kier molecular flexibility index (Phi) is 5.34. The van der Waals surface area contributed by atoms with Gasteiger partial charge in [0.2, 0.25) is 5.91 Å². The second kappa shape index (κ2) is 7.43. The van der Waals surface area contributed by atoms with E-state index in [-0.39, 0.29) is 12.5 Å². The number of furan rings is 1. The number of aryl methyl sites for hydroxylation is 1. The number of hydrogen-bond donors (Lipinski definition) is 1. The van der Waals surface area contributed by atoms with Crippen molar-refractivity contribution in [3.05, 3.63) is 53.5 Å². The Morgan fingerprint density at radius 3 is 2.59 bits per heavy atom. The minimum Gasteiger partial charge on any atom is -0.465 e. The number of nitriles is 1. The van der Waals surface area contributed by atoms with Crippen LogP contribution >= 0.6 is 0 Å². The van der Waals surface area contributed by atoms with Gasteiger partial charge in [-0.25, -0.2) is 0 Å². The van der Waals surface area contributed by atoms with Crippen molar-refractivity contribution in [2.45, 2.75) is 19.9 Å². The molecule has 1 aromatic carbocycles. The van der Waals surface area contributed by atoms with E-state index >= 15 is 0 Å². The third-order valence-electron chi connectivity index (χ3n) is 3.16. The molecule has 0 spiro atoms. The highest BCUT2D eigenvalue weighted by Gasteiger charge is 2.09. The molecular weight excluding hydrogens is 278 g/mol. The molecule has 0 unspecified atom stereocenters. The van der Waals surface area contributed by atoms with Gasteiger partial charge in [0, 0.05) is 5.69 Å². The molecule has 0 aliphatic rings. The summed E-state index contributed by atoms with van der Waals surface area (Å²) in [5.41, 5.74) is 1.67. The van der Waals surface area contributed by atoms with E-state index in [1.807, 2.05) is 43.1 Å². The number of amides is 1. The summed E-state index contributed by atoms with van der Waals surface area (Å²) in [6.45, 7) is 2.76. The van der Waals surface area contributed by atoms with Crippen molar-refractivity contribution in [3.63, 3.8) is 0 Å². The van der Waals surface area contributed by atoms with Crippen molar-refractivity contribution in [1.29, 1.82) is 5.26 Å². The van der Waals surface area contributed by atoms with Gasteiger partial charge in [0.15, 0.2) is 0 Å². The normalized spacial score (nSPS) is 10.5. The first-order valence-corrected chi connectivity index (χ1v) is 7.06. The van der Waals surface area contributed by atoms with E-state index in [1.54, 1.807) is 12.1 Å². The number of hydrogen-bond acceptors (Lipinski definition) is 4. The Labute approximate surface area is 130 Å². The molecule has 2 rings (SSSR count). The molecule has 5 heteroatoms. The molecule has 0 fully saturated rings. The fraction of sp³-hybridized carbons (Fsp3) is 0.294. The molecule has 0 saturated heterocycles. The number of nitrogens with zero attached hydrogens (tertiary/aromatic N) is 2. The van der Waals surface area contributed by atoms with Gasteiger partial charge in [-0.1, -0.05) is 12.1 Å². The van der Waals surface area contributed by atoms with Crippen LogP contribution in [0.5, 0.6) is 0 Å². The number of carbonyl (C=O) groups excluding carboxylic acids is 1. The Morgan fingerprint density at radius 1 is 1.27 bits per heavy atom. The summed E-state index contributed by atoms with van der Waals surface area (Å²) in [6, 6.07) is 13.2. The number of carbonyl (C=O) groups is 1. The standard InChI is InChI=1S/C17H19N3O2/c1-13-3-8-16(22-13)11-20(2)12-17(21)19-15-6-4-14(5-7-15)9-10-18/h3-8H,9,11-12H2,1-2H3,(H,19,21). The van der Waals surface area contributed by atoms with E-state index in [0.29, 0.717) is 13.0 Å². The number of nitrogens with one attached hydrogen (secondary N) is 1. The van der Waals surface area contributed by atoms with Gasteiger partial charge >= 0.3 is 0 Å². The van der Waals surface area contributed by atoms with E-state index in [1.165, 1.54) is 0 Å². The molecule has 1 amide bonds.